The number of nitrogens with zero attached hydrogens (tertiary/aromatic N) is 1. The van der Waals surface area contributed by atoms with Gasteiger partial charge in [0.1, 0.15) is 0 Å². The van der Waals surface area contributed by atoms with Crippen molar-refractivity contribution in [3.63, 3.8) is 0 Å². The van der Waals surface area contributed by atoms with E-state index in [0.29, 0.717) is 18.7 Å². The lowest BCUT2D eigenvalue weighted by Gasteiger charge is -2.22. The second-order valence-electron chi connectivity index (χ2n) is 7.74. The van der Waals surface area contributed by atoms with E-state index in [1.54, 1.807) is 23.1 Å². The number of hydrogen-bond acceptors (Lipinski definition) is 3. The number of carboxylic acid groups (broad SMARTS) is 1. The first-order valence-electron chi connectivity index (χ1n) is 9.74. The number of carbonyl (C=O) groups excluding carboxylic acids is 2. The van der Waals surface area contributed by atoms with Crippen molar-refractivity contribution in [1.82, 2.24) is 0 Å². The van der Waals surface area contributed by atoms with Crippen LogP contribution in [0.5, 0.6) is 0 Å². The van der Waals surface area contributed by atoms with Crippen LogP contribution in [0.15, 0.2) is 36.4 Å². The van der Waals surface area contributed by atoms with Gasteiger partial charge in [-0.3, -0.25) is 14.4 Å². The second kappa shape index (κ2) is 8.47. The minimum atomic E-state index is -0.856. The van der Waals surface area contributed by atoms with Crippen LogP contribution in [-0.2, 0) is 20.8 Å². The van der Waals surface area contributed by atoms with Gasteiger partial charge in [0.2, 0.25) is 11.8 Å². The molecular formula is C23H26N2O4. The van der Waals surface area contributed by atoms with Crippen LogP contribution in [0.3, 0.4) is 0 Å². The van der Waals surface area contributed by atoms with Crippen LogP contribution >= 0.6 is 0 Å². The Labute approximate surface area is 170 Å². The average molecular weight is 394 g/mol. The van der Waals surface area contributed by atoms with Crippen molar-refractivity contribution in [2.45, 2.75) is 40.0 Å². The summed E-state index contributed by atoms with van der Waals surface area (Å²) in [4.78, 5) is 37.8. The van der Waals surface area contributed by atoms with E-state index >= 15 is 0 Å². The average Bonchev–Trinajstić information content (AvgIpc) is 3.01. The number of aliphatic carboxylic acids is 1. The molecule has 2 aromatic rings. The van der Waals surface area contributed by atoms with Crippen molar-refractivity contribution in [3.8, 4) is 0 Å². The van der Waals surface area contributed by atoms with E-state index < -0.39 is 11.9 Å². The topological polar surface area (TPSA) is 86.7 Å². The van der Waals surface area contributed by atoms with Crippen LogP contribution in [0, 0.1) is 26.7 Å². The number of carboxylic acids is 1. The monoisotopic (exact) mass is 394 g/mol. The lowest BCUT2D eigenvalue weighted by molar-refractivity contribution is -0.137. The molecule has 0 bridgehead atoms. The summed E-state index contributed by atoms with van der Waals surface area (Å²) >= 11 is 0. The molecule has 3 rings (SSSR count). The fourth-order valence-corrected chi connectivity index (χ4v) is 4.00. The number of nitrogens with one attached hydrogen (secondary N) is 1. The molecule has 0 aliphatic carbocycles. The molecule has 0 spiro atoms. The van der Waals surface area contributed by atoms with Gasteiger partial charge in [-0.1, -0.05) is 29.8 Å². The van der Waals surface area contributed by atoms with Gasteiger partial charge in [-0.15, -0.1) is 0 Å². The van der Waals surface area contributed by atoms with Gasteiger partial charge in [0.15, 0.2) is 0 Å². The molecule has 1 unspecified atom stereocenters. The Kier molecular flexibility index (Phi) is 6.01. The molecule has 1 fully saturated rings. The molecular weight excluding hydrogens is 368 g/mol. The van der Waals surface area contributed by atoms with E-state index in [0.717, 1.165) is 27.9 Å². The highest BCUT2D eigenvalue weighted by Crippen LogP contribution is 2.32. The quantitative estimate of drug-likeness (QED) is 0.783. The van der Waals surface area contributed by atoms with Gasteiger partial charge < -0.3 is 15.3 Å². The van der Waals surface area contributed by atoms with Gasteiger partial charge in [0.25, 0.3) is 0 Å². The first-order chi connectivity index (χ1) is 13.7. The van der Waals surface area contributed by atoms with E-state index in [1.165, 1.54) is 0 Å². The summed E-state index contributed by atoms with van der Waals surface area (Å²) in [5.41, 5.74) is 5.57. The third-order valence-corrected chi connectivity index (χ3v) is 5.22. The van der Waals surface area contributed by atoms with Crippen LogP contribution in [0.2, 0.25) is 0 Å². The van der Waals surface area contributed by atoms with Crippen LogP contribution in [0.4, 0.5) is 11.4 Å². The Morgan fingerprint density at radius 1 is 1.14 bits per heavy atom. The predicted octanol–water partition coefficient (Wildman–Crippen LogP) is 3.62. The van der Waals surface area contributed by atoms with E-state index in [-0.39, 0.29) is 24.7 Å². The molecule has 1 aliphatic heterocycles. The standard InChI is InChI=1S/C23H26N2O4/c1-14-9-15(2)22(16(3)10-14)25-13-18(12-20(25)26)23(29)24-19-6-4-5-17(11-19)7-8-21(27)28/h4-6,9-11,18H,7-8,12-13H2,1-3H3,(H,24,29)(H,27,28). The molecule has 1 saturated heterocycles. The third-order valence-electron chi connectivity index (χ3n) is 5.22. The minimum Gasteiger partial charge on any atom is -0.481 e. The van der Waals surface area contributed by atoms with Gasteiger partial charge >= 0.3 is 5.97 Å². The minimum absolute atomic E-state index is 0.0404. The highest BCUT2D eigenvalue weighted by molar-refractivity contribution is 6.04. The Balaban J connectivity index is 1.70. The zero-order chi connectivity index (χ0) is 21.1. The lowest BCUT2D eigenvalue weighted by atomic mass is 10.0. The maximum absolute atomic E-state index is 12.8. The number of carbonyl (C=O) groups is 3. The SMILES string of the molecule is Cc1cc(C)c(N2CC(C(=O)Nc3cccc(CCC(=O)O)c3)CC2=O)c(C)c1. The molecule has 0 aromatic heterocycles. The highest BCUT2D eigenvalue weighted by Gasteiger charge is 2.36. The normalized spacial score (nSPS) is 16.2. The highest BCUT2D eigenvalue weighted by atomic mass is 16.4. The fourth-order valence-electron chi connectivity index (χ4n) is 4.00. The largest absolute Gasteiger partial charge is 0.481 e. The number of aryl methyl sites for hydroxylation is 4. The summed E-state index contributed by atoms with van der Waals surface area (Å²) in [6, 6.07) is 11.3. The summed E-state index contributed by atoms with van der Waals surface area (Å²) in [7, 11) is 0. The summed E-state index contributed by atoms with van der Waals surface area (Å²) in [6.45, 7) is 6.35. The molecule has 0 saturated carbocycles. The first-order valence-corrected chi connectivity index (χ1v) is 9.74. The molecule has 1 heterocycles. The molecule has 1 atom stereocenters. The summed E-state index contributed by atoms with van der Waals surface area (Å²) in [6.07, 6.45) is 0.622. The number of amides is 2. The molecule has 2 amide bonds. The van der Waals surface area contributed by atoms with Crippen molar-refractivity contribution >= 4 is 29.2 Å². The van der Waals surface area contributed by atoms with Crippen molar-refractivity contribution in [2.75, 3.05) is 16.8 Å². The van der Waals surface area contributed by atoms with Crippen LogP contribution in [-0.4, -0.2) is 29.4 Å². The van der Waals surface area contributed by atoms with E-state index in [2.05, 4.69) is 5.32 Å². The van der Waals surface area contributed by atoms with Crippen molar-refractivity contribution < 1.29 is 19.5 Å². The molecule has 29 heavy (non-hydrogen) atoms. The Morgan fingerprint density at radius 2 is 1.83 bits per heavy atom. The molecule has 1 aliphatic rings. The molecule has 152 valence electrons. The Hall–Kier alpha value is -3.15. The number of benzene rings is 2. The van der Waals surface area contributed by atoms with E-state index in [1.807, 2.05) is 39.0 Å². The van der Waals surface area contributed by atoms with Gasteiger partial charge in [-0.2, -0.15) is 0 Å². The van der Waals surface area contributed by atoms with Crippen molar-refractivity contribution in [2.24, 2.45) is 5.92 Å². The van der Waals surface area contributed by atoms with Gasteiger partial charge in [-0.05, 0) is 56.0 Å². The smallest absolute Gasteiger partial charge is 0.303 e. The maximum atomic E-state index is 12.8. The molecule has 2 aromatic carbocycles. The van der Waals surface area contributed by atoms with Crippen LogP contribution in [0.25, 0.3) is 0 Å². The van der Waals surface area contributed by atoms with Gasteiger partial charge in [0.05, 0.1) is 5.92 Å². The van der Waals surface area contributed by atoms with E-state index in [9.17, 15) is 14.4 Å². The number of hydrogen-bond donors (Lipinski definition) is 2. The first kappa shape index (κ1) is 20.6. The molecule has 6 heteroatoms. The second-order valence-corrected chi connectivity index (χ2v) is 7.74. The lowest BCUT2D eigenvalue weighted by Crippen LogP contribution is -2.29. The fraction of sp³-hybridized carbons (Fsp3) is 0.348. The number of rotatable bonds is 6. The maximum Gasteiger partial charge on any atom is 0.303 e. The summed E-state index contributed by atoms with van der Waals surface area (Å²) < 4.78 is 0. The predicted molar refractivity (Wildman–Crippen MR) is 112 cm³/mol. The van der Waals surface area contributed by atoms with Gasteiger partial charge in [0, 0.05) is 30.8 Å². The van der Waals surface area contributed by atoms with Gasteiger partial charge in [-0.25, -0.2) is 0 Å². The van der Waals surface area contributed by atoms with Crippen LogP contribution < -0.4 is 10.2 Å². The third kappa shape index (κ3) is 4.83. The van der Waals surface area contributed by atoms with Crippen LogP contribution in [0.1, 0.15) is 35.1 Å². The zero-order valence-electron chi connectivity index (χ0n) is 17.0. The molecule has 0 radical (unpaired) electrons. The Bertz CT molecular complexity index is 944. The zero-order valence-corrected chi connectivity index (χ0v) is 17.0. The van der Waals surface area contributed by atoms with E-state index in [4.69, 9.17) is 5.11 Å². The molecule has 6 nitrogen and oxygen atoms in total. The number of anilines is 2. The summed E-state index contributed by atoms with van der Waals surface area (Å²) in [5, 5.41) is 11.7. The van der Waals surface area contributed by atoms with Crippen molar-refractivity contribution in [3.05, 3.63) is 58.7 Å². The van der Waals surface area contributed by atoms with Crippen molar-refractivity contribution in [1.29, 1.82) is 0 Å². The molecule has 2 N–H and O–H groups in total. The summed E-state index contributed by atoms with van der Waals surface area (Å²) in [5.74, 6) is -1.52. The Morgan fingerprint density at radius 3 is 2.48 bits per heavy atom.